The van der Waals surface area contributed by atoms with Crippen LogP contribution in [-0.4, -0.2) is 23.4 Å². The Kier molecular flexibility index (Phi) is 6.01. The molecule has 0 fully saturated rings. The summed E-state index contributed by atoms with van der Waals surface area (Å²) in [5, 5.41) is 13.3. The molecule has 0 heterocycles. The van der Waals surface area contributed by atoms with E-state index < -0.39 is 46.5 Å². The molecule has 0 atom stereocenters. The molecule has 7 nitrogen and oxygen atoms in total. The molecule has 2 aromatic carbocycles. The van der Waals surface area contributed by atoms with Crippen LogP contribution < -0.4 is 5.32 Å². The van der Waals surface area contributed by atoms with E-state index >= 15 is 0 Å². The first kappa shape index (κ1) is 20.2. The van der Waals surface area contributed by atoms with Crippen molar-refractivity contribution < 1.29 is 32.4 Å². The lowest BCUT2D eigenvalue weighted by Gasteiger charge is -2.10. The number of hydrogen-bond donors (Lipinski definition) is 1. The topological polar surface area (TPSA) is 98.5 Å². The highest BCUT2D eigenvalue weighted by atomic mass is 35.5. The predicted molar refractivity (Wildman–Crippen MR) is 88.5 cm³/mol. The average molecular weight is 403 g/mol. The van der Waals surface area contributed by atoms with Gasteiger partial charge in [-0.1, -0.05) is 17.7 Å². The van der Waals surface area contributed by atoms with Gasteiger partial charge in [0.25, 0.3) is 11.6 Å². The van der Waals surface area contributed by atoms with Gasteiger partial charge in [0.2, 0.25) is 0 Å². The van der Waals surface area contributed by atoms with Crippen LogP contribution in [-0.2, 0) is 15.7 Å². The number of carbonyl (C=O) groups is 2. The minimum atomic E-state index is -4.78. The summed E-state index contributed by atoms with van der Waals surface area (Å²) in [6.45, 7) is -0.802. The molecule has 0 aliphatic carbocycles. The molecule has 2 aromatic rings. The molecule has 2 rings (SSSR count). The number of ether oxygens (including phenoxy) is 1. The van der Waals surface area contributed by atoms with Crippen LogP contribution in [0.15, 0.2) is 42.5 Å². The van der Waals surface area contributed by atoms with E-state index in [1.165, 1.54) is 24.3 Å². The number of nitrogens with one attached hydrogen (secondary N) is 1. The molecule has 0 unspecified atom stereocenters. The van der Waals surface area contributed by atoms with Crippen molar-refractivity contribution in [1.82, 2.24) is 0 Å². The van der Waals surface area contributed by atoms with Gasteiger partial charge in [0.1, 0.15) is 5.69 Å². The third kappa shape index (κ3) is 5.42. The Balaban J connectivity index is 2.07. The van der Waals surface area contributed by atoms with Crippen molar-refractivity contribution in [2.75, 3.05) is 11.9 Å². The molecule has 27 heavy (non-hydrogen) atoms. The molecule has 0 spiro atoms. The molecule has 0 bridgehead atoms. The second kappa shape index (κ2) is 8.04. The smallest absolute Gasteiger partial charge is 0.416 e. The Morgan fingerprint density at radius 2 is 1.89 bits per heavy atom. The fourth-order valence-electron chi connectivity index (χ4n) is 1.98. The van der Waals surface area contributed by atoms with E-state index in [4.69, 9.17) is 16.3 Å². The SMILES string of the molecule is O=C(COC(=O)c1cccc(Cl)c1)Nc1ccc(C(F)(F)F)cc1[N+](=O)[O-]. The molecule has 11 heteroatoms. The summed E-state index contributed by atoms with van der Waals surface area (Å²) < 4.78 is 42.7. The highest BCUT2D eigenvalue weighted by Gasteiger charge is 2.33. The summed E-state index contributed by atoms with van der Waals surface area (Å²) in [4.78, 5) is 33.5. The third-order valence-electron chi connectivity index (χ3n) is 3.19. The Hall–Kier alpha value is -3.14. The van der Waals surface area contributed by atoms with Crippen LogP contribution in [0.2, 0.25) is 5.02 Å². The van der Waals surface area contributed by atoms with Crippen LogP contribution in [0.1, 0.15) is 15.9 Å². The van der Waals surface area contributed by atoms with Crippen LogP contribution in [0.25, 0.3) is 0 Å². The molecule has 0 radical (unpaired) electrons. The van der Waals surface area contributed by atoms with Crippen molar-refractivity contribution >= 4 is 34.9 Å². The van der Waals surface area contributed by atoms with Crippen LogP contribution in [0.4, 0.5) is 24.5 Å². The number of rotatable bonds is 5. The molecule has 1 N–H and O–H groups in total. The van der Waals surface area contributed by atoms with Crippen molar-refractivity contribution in [1.29, 1.82) is 0 Å². The minimum absolute atomic E-state index is 0.0795. The largest absolute Gasteiger partial charge is 0.452 e. The van der Waals surface area contributed by atoms with E-state index in [0.717, 1.165) is 6.07 Å². The number of esters is 1. The van der Waals surface area contributed by atoms with Crippen LogP contribution in [0.3, 0.4) is 0 Å². The van der Waals surface area contributed by atoms with Gasteiger partial charge < -0.3 is 10.1 Å². The zero-order valence-corrected chi connectivity index (χ0v) is 14.0. The standard InChI is InChI=1S/C16H10ClF3N2O5/c17-11-3-1-2-9(6-11)15(24)27-8-14(23)21-12-5-4-10(16(18,19)20)7-13(12)22(25)26/h1-7H,8H2,(H,21,23). The first-order valence-corrected chi connectivity index (χ1v) is 7.54. The molecule has 1 amide bonds. The molecular weight excluding hydrogens is 393 g/mol. The monoisotopic (exact) mass is 402 g/mol. The van der Waals surface area contributed by atoms with Gasteiger partial charge in [0.05, 0.1) is 16.1 Å². The van der Waals surface area contributed by atoms with Crippen molar-refractivity contribution in [2.24, 2.45) is 0 Å². The summed E-state index contributed by atoms with van der Waals surface area (Å²) in [7, 11) is 0. The Morgan fingerprint density at radius 3 is 2.48 bits per heavy atom. The van der Waals surface area contributed by atoms with Crippen molar-refractivity contribution in [3.8, 4) is 0 Å². The average Bonchev–Trinajstić information content (AvgIpc) is 2.58. The number of carbonyl (C=O) groups excluding carboxylic acids is 2. The first-order chi connectivity index (χ1) is 12.6. The van der Waals surface area contributed by atoms with Crippen LogP contribution in [0, 0.1) is 10.1 Å². The zero-order chi connectivity index (χ0) is 20.2. The molecule has 0 saturated heterocycles. The third-order valence-corrected chi connectivity index (χ3v) is 3.43. The van der Waals surface area contributed by atoms with Crippen LogP contribution in [0.5, 0.6) is 0 Å². The van der Waals surface area contributed by atoms with Gasteiger partial charge >= 0.3 is 12.1 Å². The minimum Gasteiger partial charge on any atom is -0.452 e. The highest BCUT2D eigenvalue weighted by molar-refractivity contribution is 6.30. The van der Waals surface area contributed by atoms with Gasteiger partial charge in [-0.3, -0.25) is 14.9 Å². The predicted octanol–water partition coefficient (Wildman–Crippen LogP) is 4.06. The molecule has 0 aliphatic heterocycles. The molecule has 0 aromatic heterocycles. The summed E-state index contributed by atoms with van der Waals surface area (Å²) >= 11 is 5.72. The van der Waals surface area contributed by atoms with E-state index in [-0.39, 0.29) is 10.6 Å². The summed E-state index contributed by atoms with van der Waals surface area (Å²) in [6, 6.07) is 7.35. The van der Waals surface area contributed by atoms with Gasteiger partial charge in [-0.15, -0.1) is 0 Å². The van der Waals surface area contributed by atoms with Crippen molar-refractivity contribution in [3.05, 3.63) is 68.7 Å². The number of benzene rings is 2. The van der Waals surface area contributed by atoms with E-state index in [2.05, 4.69) is 0 Å². The van der Waals surface area contributed by atoms with Crippen molar-refractivity contribution in [3.63, 3.8) is 0 Å². The molecule has 0 aliphatic rings. The van der Waals surface area contributed by atoms with Gasteiger partial charge in [-0.2, -0.15) is 13.2 Å². The number of nitro benzene ring substituents is 1. The second-order valence-electron chi connectivity index (χ2n) is 5.12. The van der Waals surface area contributed by atoms with Gasteiger partial charge in [-0.05, 0) is 30.3 Å². The molecule has 142 valence electrons. The number of halogens is 4. The fourth-order valence-corrected chi connectivity index (χ4v) is 2.17. The normalized spacial score (nSPS) is 11.0. The second-order valence-corrected chi connectivity index (χ2v) is 5.56. The summed E-state index contributed by atoms with van der Waals surface area (Å²) in [5.41, 5.74) is -2.56. The fraction of sp³-hybridized carbons (Fsp3) is 0.125. The number of amides is 1. The zero-order valence-electron chi connectivity index (χ0n) is 13.2. The Labute approximate surface area is 154 Å². The van der Waals surface area contributed by atoms with E-state index in [1.807, 2.05) is 5.32 Å². The van der Waals surface area contributed by atoms with Crippen LogP contribution >= 0.6 is 11.6 Å². The first-order valence-electron chi connectivity index (χ1n) is 7.16. The summed E-state index contributed by atoms with van der Waals surface area (Å²) in [6.07, 6.45) is -4.78. The Bertz CT molecular complexity index is 902. The number of hydrogen-bond acceptors (Lipinski definition) is 5. The van der Waals surface area contributed by atoms with E-state index in [1.54, 1.807) is 0 Å². The quantitative estimate of drug-likeness (QED) is 0.462. The maximum Gasteiger partial charge on any atom is 0.416 e. The molecule has 0 saturated carbocycles. The Morgan fingerprint density at radius 1 is 1.19 bits per heavy atom. The van der Waals surface area contributed by atoms with Gasteiger partial charge in [0.15, 0.2) is 6.61 Å². The highest BCUT2D eigenvalue weighted by Crippen LogP contribution is 2.34. The lowest BCUT2D eigenvalue weighted by molar-refractivity contribution is -0.384. The number of anilines is 1. The van der Waals surface area contributed by atoms with Crippen molar-refractivity contribution in [2.45, 2.75) is 6.18 Å². The lowest BCUT2D eigenvalue weighted by atomic mass is 10.1. The van der Waals surface area contributed by atoms with Gasteiger partial charge in [0, 0.05) is 11.1 Å². The number of alkyl halides is 3. The lowest BCUT2D eigenvalue weighted by Crippen LogP contribution is -2.21. The maximum absolute atomic E-state index is 12.6. The van der Waals surface area contributed by atoms with E-state index in [0.29, 0.717) is 12.1 Å². The number of nitro groups is 1. The maximum atomic E-state index is 12.6. The molecular formula is C16H10ClF3N2O5. The number of nitrogens with zero attached hydrogens (tertiary/aromatic N) is 1. The van der Waals surface area contributed by atoms with Gasteiger partial charge in [-0.25, -0.2) is 4.79 Å². The summed E-state index contributed by atoms with van der Waals surface area (Å²) in [5.74, 6) is -1.83. The van der Waals surface area contributed by atoms with E-state index in [9.17, 15) is 32.9 Å².